The fourth-order valence-electron chi connectivity index (χ4n) is 1.84. The number of thiophene rings is 1. The van der Waals surface area contributed by atoms with Gasteiger partial charge in [-0.25, -0.2) is 4.98 Å². The Bertz CT molecular complexity index is 465. The van der Waals surface area contributed by atoms with E-state index in [1.54, 1.807) is 17.7 Å². The highest BCUT2D eigenvalue weighted by atomic mass is 32.1. The zero-order chi connectivity index (χ0) is 12.2. The van der Waals surface area contributed by atoms with Crippen LogP contribution < -0.4 is 0 Å². The van der Waals surface area contributed by atoms with Crippen LogP contribution in [0.25, 0.3) is 5.57 Å². The molecule has 0 saturated carbocycles. The lowest BCUT2D eigenvalue weighted by atomic mass is 10.2. The monoisotopic (exact) mass is 279 g/mol. The summed E-state index contributed by atoms with van der Waals surface area (Å²) in [4.78, 5) is 7.85. The minimum atomic E-state index is 0.796. The van der Waals surface area contributed by atoms with Crippen molar-refractivity contribution >= 4 is 28.4 Å². The number of rotatable bonds is 3. The summed E-state index contributed by atoms with van der Waals surface area (Å²) in [6, 6.07) is 4.19. The van der Waals surface area contributed by atoms with E-state index in [1.807, 2.05) is 0 Å². The average molecular weight is 279 g/mol. The molecule has 0 spiro atoms. The molecule has 1 aliphatic heterocycles. The topological polar surface area (TPSA) is 38.2 Å². The van der Waals surface area contributed by atoms with E-state index in [2.05, 4.69) is 38.0 Å². The highest BCUT2D eigenvalue weighted by Gasteiger charge is 2.13. The van der Waals surface area contributed by atoms with E-state index in [1.165, 1.54) is 16.4 Å². The van der Waals surface area contributed by atoms with Crippen LogP contribution in [-0.2, 0) is 4.74 Å². The third kappa shape index (κ3) is 2.60. The summed E-state index contributed by atoms with van der Waals surface area (Å²) in [7, 11) is 0. The molecule has 6 heteroatoms. The molecule has 0 aromatic carbocycles. The molecule has 0 aliphatic carbocycles. The summed E-state index contributed by atoms with van der Waals surface area (Å²) >= 11 is 3.17. The highest BCUT2D eigenvalue weighted by molar-refractivity contribution is 7.12. The van der Waals surface area contributed by atoms with Gasteiger partial charge in [0.25, 0.3) is 0 Å². The lowest BCUT2D eigenvalue weighted by Gasteiger charge is -2.26. The van der Waals surface area contributed by atoms with Gasteiger partial charge in [0.1, 0.15) is 11.3 Å². The first-order valence-electron chi connectivity index (χ1n) is 5.78. The smallest absolute Gasteiger partial charge is 0.146 e. The van der Waals surface area contributed by atoms with Crippen LogP contribution in [0.3, 0.4) is 0 Å². The number of hydrogen-bond donors (Lipinski definition) is 0. The van der Waals surface area contributed by atoms with E-state index in [4.69, 9.17) is 4.74 Å². The molecule has 18 heavy (non-hydrogen) atoms. The van der Waals surface area contributed by atoms with Gasteiger partial charge in [0.2, 0.25) is 0 Å². The molecule has 3 heterocycles. The third-order valence-corrected chi connectivity index (χ3v) is 4.34. The quantitative estimate of drug-likeness (QED) is 0.864. The van der Waals surface area contributed by atoms with E-state index < -0.39 is 0 Å². The Morgan fingerprint density at radius 1 is 1.39 bits per heavy atom. The Labute approximate surface area is 114 Å². The minimum absolute atomic E-state index is 0.796. The van der Waals surface area contributed by atoms with Gasteiger partial charge in [-0.1, -0.05) is 6.07 Å². The van der Waals surface area contributed by atoms with Gasteiger partial charge in [0.15, 0.2) is 0 Å². The molecule has 1 aliphatic rings. The second kappa shape index (κ2) is 5.60. The van der Waals surface area contributed by atoms with E-state index in [0.29, 0.717) is 0 Å². The summed E-state index contributed by atoms with van der Waals surface area (Å²) in [5, 5.41) is 3.06. The predicted molar refractivity (Wildman–Crippen MR) is 73.7 cm³/mol. The number of hydrogen-bond acceptors (Lipinski definition) is 6. The van der Waals surface area contributed by atoms with Crippen LogP contribution in [0, 0.1) is 0 Å². The second-order valence-electron chi connectivity index (χ2n) is 3.91. The standard InChI is InChI=1S/C12H13N3OS2/c1-2-11(17-7-1)10(12-13-9-14-18-12)8-15-3-5-16-6-4-15/h1-2,7-9H,3-6H2/b10-8+. The van der Waals surface area contributed by atoms with Gasteiger partial charge < -0.3 is 9.64 Å². The highest BCUT2D eigenvalue weighted by Crippen LogP contribution is 2.28. The largest absolute Gasteiger partial charge is 0.378 e. The van der Waals surface area contributed by atoms with Crippen molar-refractivity contribution in [2.45, 2.75) is 0 Å². The Balaban J connectivity index is 1.92. The van der Waals surface area contributed by atoms with Crippen LogP contribution in [0.15, 0.2) is 30.0 Å². The summed E-state index contributed by atoms with van der Waals surface area (Å²) in [5.74, 6) is 0. The maximum atomic E-state index is 5.37. The molecule has 0 amide bonds. The fraction of sp³-hybridized carbons (Fsp3) is 0.333. The molecule has 3 rings (SSSR count). The molecule has 1 saturated heterocycles. The van der Waals surface area contributed by atoms with Crippen molar-refractivity contribution in [1.82, 2.24) is 14.3 Å². The molecule has 0 bridgehead atoms. The normalized spacial score (nSPS) is 17.1. The van der Waals surface area contributed by atoms with Crippen molar-refractivity contribution in [2.75, 3.05) is 26.3 Å². The Morgan fingerprint density at radius 3 is 2.94 bits per heavy atom. The van der Waals surface area contributed by atoms with Crippen molar-refractivity contribution in [2.24, 2.45) is 0 Å². The maximum Gasteiger partial charge on any atom is 0.146 e. The van der Waals surface area contributed by atoms with Gasteiger partial charge in [-0.3, -0.25) is 0 Å². The minimum Gasteiger partial charge on any atom is -0.378 e. The van der Waals surface area contributed by atoms with E-state index in [-0.39, 0.29) is 0 Å². The Hall–Kier alpha value is -1.24. The molecule has 0 radical (unpaired) electrons. The SMILES string of the molecule is C(=C(/c1cccs1)c1ncns1)/N1CCOCC1. The first-order chi connectivity index (χ1) is 8.93. The molecule has 0 unspecified atom stereocenters. The van der Waals surface area contributed by atoms with Gasteiger partial charge in [-0.15, -0.1) is 11.3 Å². The van der Waals surface area contributed by atoms with Crippen LogP contribution in [0.5, 0.6) is 0 Å². The lowest BCUT2D eigenvalue weighted by Crippen LogP contribution is -2.32. The van der Waals surface area contributed by atoms with Gasteiger partial charge in [0, 0.05) is 29.7 Å². The van der Waals surface area contributed by atoms with Crippen molar-refractivity contribution in [3.63, 3.8) is 0 Å². The molecular formula is C12H13N3OS2. The van der Waals surface area contributed by atoms with Gasteiger partial charge >= 0.3 is 0 Å². The van der Waals surface area contributed by atoms with Crippen molar-refractivity contribution in [1.29, 1.82) is 0 Å². The summed E-state index contributed by atoms with van der Waals surface area (Å²) < 4.78 is 9.47. The molecule has 0 atom stereocenters. The van der Waals surface area contributed by atoms with Crippen molar-refractivity contribution in [3.05, 3.63) is 39.9 Å². The zero-order valence-electron chi connectivity index (χ0n) is 9.78. The predicted octanol–water partition coefficient (Wildman–Crippen LogP) is 2.32. The first kappa shape index (κ1) is 11.8. The van der Waals surface area contributed by atoms with Crippen LogP contribution >= 0.6 is 22.9 Å². The maximum absolute atomic E-state index is 5.37. The Kier molecular flexibility index (Phi) is 3.68. The number of nitrogens with zero attached hydrogens (tertiary/aromatic N) is 3. The summed E-state index contributed by atoms with van der Waals surface area (Å²) in [6.45, 7) is 3.47. The molecule has 1 fully saturated rings. The van der Waals surface area contributed by atoms with Crippen LogP contribution in [-0.4, -0.2) is 40.6 Å². The third-order valence-electron chi connectivity index (χ3n) is 2.74. The molecule has 2 aromatic heterocycles. The summed E-state index contributed by atoms with van der Waals surface area (Å²) in [6.07, 6.45) is 3.80. The lowest BCUT2D eigenvalue weighted by molar-refractivity contribution is 0.0596. The average Bonchev–Trinajstić information content (AvgIpc) is 3.11. The van der Waals surface area contributed by atoms with E-state index in [9.17, 15) is 0 Å². The van der Waals surface area contributed by atoms with Gasteiger partial charge in [0.05, 0.1) is 13.2 Å². The van der Waals surface area contributed by atoms with E-state index >= 15 is 0 Å². The van der Waals surface area contributed by atoms with Gasteiger partial charge in [-0.2, -0.15) is 4.37 Å². The zero-order valence-corrected chi connectivity index (χ0v) is 11.4. The molecule has 0 N–H and O–H groups in total. The fourth-order valence-corrected chi connectivity index (χ4v) is 3.19. The molecule has 4 nitrogen and oxygen atoms in total. The van der Waals surface area contributed by atoms with Crippen molar-refractivity contribution in [3.8, 4) is 0 Å². The second-order valence-corrected chi connectivity index (χ2v) is 5.64. The summed E-state index contributed by atoms with van der Waals surface area (Å²) in [5.41, 5.74) is 1.16. The number of aromatic nitrogens is 2. The van der Waals surface area contributed by atoms with Crippen molar-refractivity contribution < 1.29 is 4.74 Å². The Morgan fingerprint density at radius 2 is 2.28 bits per heavy atom. The molecule has 94 valence electrons. The van der Waals surface area contributed by atoms with Crippen LogP contribution in [0.2, 0.25) is 0 Å². The van der Waals surface area contributed by atoms with Crippen LogP contribution in [0.4, 0.5) is 0 Å². The first-order valence-corrected chi connectivity index (χ1v) is 7.43. The number of morpholine rings is 1. The van der Waals surface area contributed by atoms with E-state index in [0.717, 1.165) is 36.9 Å². The molecule has 2 aromatic rings. The van der Waals surface area contributed by atoms with Crippen LogP contribution in [0.1, 0.15) is 9.88 Å². The molecular weight excluding hydrogens is 266 g/mol. The van der Waals surface area contributed by atoms with Gasteiger partial charge in [-0.05, 0) is 23.0 Å². The number of ether oxygens (including phenoxy) is 1.